The quantitative estimate of drug-likeness (QED) is 0.828. The fourth-order valence-electron chi connectivity index (χ4n) is 3.00. The van der Waals surface area contributed by atoms with Crippen LogP contribution in [0.25, 0.3) is 0 Å². The van der Waals surface area contributed by atoms with E-state index in [1.807, 2.05) is 48.4 Å². The van der Waals surface area contributed by atoms with Crippen LogP contribution >= 0.6 is 24.8 Å². The molecule has 0 spiro atoms. The molecule has 2 amide bonds. The number of nitrogens with one attached hydrogen (secondary N) is 2. The van der Waals surface area contributed by atoms with Crippen LogP contribution in [0.2, 0.25) is 0 Å². The predicted octanol–water partition coefficient (Wildman–Crippen LogP) is 3.67. The standard InChI is InChI=1S/C19H24N4O.2ClH/c1-15-4-7-17(8-5-15)22-19(24)23-12-11-21-14-18(23)9-6-16-3-2-10-20-13-16;;/h2-5,7-8,10,13,18,21H,6,9,11-12,14H2,1H3,(H,22,24);2*1H. The van der Waals surface area contributed by atoms with E-state index in [1.165, 1.54) is 11.1 Å². The third kappa shape index (κ3) is 6.16. The summed E-state index contributed by atoms with van der Waals surface area (Å²) in [5.74, 6) is 0. The lowest BCUT2D eigenvalue weighted by Crippen LogP contribution is -2.55. The van der Waals surface area contributed by atoms with Crippen molar-refractivity contribution < 1.29 is 4.79 Å². The minimum Gasteiger partial charge on any atom is -0.319 e. The number of anilines is 1. The van der Waals surface area contributed by atoms with E-state index < -0.39 is 0 Å². The third-order valence-corrected chi connectivity index (χ3v) is 4.40. The average Bonchev–Trinajstić information content (AvgIpc) is 2.63. The fraction of sp³-hybridized carbons (Fsp3) is 0.368. The monoisotopic (exact) mass is 396 g/mol. The number of amides is 2. The molecule has 1 atom stereocenters. The maximum Gasteiger partial charge on any atom is 0.322 e. The minimum absolute atomic E-state index is 0. The number of rotatable bonds is 4. The first-order valence-corrected chi connectivity index (χ1v) is 8.46. The highest BCUT2D eigenvalue weighted by Crippen LogP contribution is 2.15. The van der Waals surface area contributed by atoms with Gasteiger partial charge in [-0.15, -0.1) is 24.8 Å². The van der Waals surface area contributed by atoms with Crippen molar-refractivity contribution >= 4 is 36.5 Å². The van der Waals surface area contributed by atoms with Crippen LogP contribution in [-0.2, 0) is 6.42 Å². The van der Waals surface area contributed by atoms with Crippen LogP contribution in [0.3, 0.4) is 0 Å². The number of carbonyl (C=O) groups excluding carboxylic acids is 1. The van der Waals surface area contributed by atoms with Crippen LogP contribution in [0.5, 0.6) is 0 Å². The maximum atomic E-state index is 12.6. The van der Waals surface area contributed by atoms with Gasteiger partial charge in [0.05, 0.1) is 0 Å². The van der Waals surface area contributed by atoms with E-state index in [2.05, 4.69) is 21.7 Å². The second kappa shape index (κ2) is 11.0. The summed E-state index contributed by atoms with van der Waals surface area (Å²) in [5, 5.41) is 6.40. The molecule has 1 aromatic heterocycles. The van der Waals surface area contributed by atoms with Gasteiger partial charge in [-0.25, -0.2) is 4.79 Å². The van der Waals surface area contributed by atoms with Gasteiger partial charge in [-0.1, -0.05) is 23.8 Å². The Kier molecular flexibility index (Phi) is 9.41. The Morgan fingerprint density at radius 2 is 2.04 bits per heavy atom. The third-order valence-electron chi connectivity index (χ3n) is 4.40. The molecule has 26 heavy (non-hydrogen) atoms. The predicted molar refractivity (Wildman–Crippen MR) is 111 cm³/mol. The van der Waals surface area contributed by atoms with Gasteiger partial charge in [-0.2, -0.15) is 0 Å². The Morgan fingerprint density at radius 1 is 1.27 bits per heavy atom. The lowest BCUT2D eigenvalue weighted by molar-refractivity contribution is 0.166. The summed E-state index contributed by atoms with van der Waals surface area (Å²) < 4.78 is 0. The van der Waals surface area contributed by atoms with E-state index in [9.17, 15) is 4.79 Å². The molecule has 1 unspecified atom stereocenters. The minimum atomic E-state index is -0.0171. The molecule has 0 bridgehead atoms. The van der Waals surface area contributed by atoms with Gasteiger partial charge in [-0.05, 0) is 43.5 Å². The van der Waals surface area contributed by atoms with E-state index in [1.54, 1.807) is 6.20 Å². The van der Waals surface area contributed by atoms with Gasteiger partial charge in [0, 0.05) is 43.8 Å². The smallest absolute Gasteiger partial charge is 0.319 e. The van der Waals surface area contributed by atoms with Crippen LogP contribution in [0.15, 0.2) is 48.8 Å². The van der Waals surface area contributed by atoms with Crippen LogP contribution in [-0.4, -0.2) is 41.6 Å². The molecule has 1 saturated heterocycles. The zero-order valence-corrected chi connectivity index (χ0v) is 16.5. The molecule has 142 valence electrons. The van der Waals surface area contributed by atoms with Crippen molar-refractivity contribution in [3.05, 3.63) is 59.9 Å². The van der Waals surface area contributed by atoms with Crippen molar-refractivity contribution in [2.45, 2.75) is 25.8 Å². The van der Waals surface area contributed by atoms with Gasteiger partial charge in [0.25, 0.3) is 0 Å². The fourth-order valence-corrected chi connectivity index (χ4v) is 3.00. The van der Waals surface area contributed by atoms with Crippen LogP contribution in [0.4, 0.5) is 10.5 Å². The molecule has 0 aliphatic carbocycles. The summed E-state index contributed by atoms with van der Waals surface area (Å²) in [7, 11) is 0. The highest BCUT2D eigenvalue weighted by molar-refractivity contribution is 5.89. The lowest BCUT2D eigenvalue weighted by Gasteiger charge is -2.36. The van der Waals surface area contributed by atoms with Crippen molar-refractivity contribution in [3.63, 3.8) is 0 Å². The first kappa shape index (κ1) is 22.2. The Labute approximate surface area is 167 Å². The molecule has 5 nitrogen and oxygen atoms in total. The number of carbonyl (C=O) groups is 1. The van der Waals surface area contributed by atoms with Crippen LogP contribution < -0.4 is 10.6 Å². The van der Waals surface area contributed by atoms with Crippen molar-refractivity contribution in [1.82, 2.24) is 15.2 Å². The maximum absolute atomic E-state index is 12.6. The summed E-state index contributed by atoms with van der Waals surface area (Å²) in [4.78, 5) is 18.8. The summed E-state index contributed by atoms with van der Waals surface area (Å²) in [6.45, 7) is 4.44. The van der Waals surface area contributed by atoms with Crippen LogP contribution in [0.1, 0.15) is 17.5 Å². The Bertz CT molecular complexity index is 667. The summed E-state index contributed by atoms with van der Waals surface area (Å²) in [6.07, 6.45) is 5.54. The van der Waals surface area contributed by atoms with E-state index in [-0.39, 0.29) is 36.9 Å². The lowest BCUT2D eigenvalue weighted by atomic mass is 10.0. The first-order chi connectivity index (χ1) is 11.7. The molecule has 1 aliphatic heterocycles. The van der Waals surface area contributed by atoms with Crippen molar-refractivity contribution in [3.8, 4) is 0 Å². The van der Waals surface area contributed by atoms with Gasteiger partial charge < -0.3 is 15.5 Å². The molecule has 1 fully saturated rings. The van der Waals surface area contributed by atoms with E-state index in [4.69, 9.17) is 0 Å². The van der Waals surface area contributed by atoms with Crippen LogP contribution in [0, 0.1) is 6.92 Å². The number of aromatic nitrogens is 1. The summed E-state index contributed by atoms with van der Waals surface area (Å²) >= 11 is 0. The number of halogens is 2. The van der Waals surface area contributed by atoms with Gasteiger partial charge in [0.2, 0.25) is 0 Å². The number of hydrogen-bond acceptors (Lipinski definition) is 3. The zero-order chi connectivity index (χ0) is 16.8. The highest BCUT2D eigenvalue weighted by Gasteiger charge is 2.26. The number of piperazine rings is 1. The molecule has 2 heterocycles. The normalized spacial score (nSPS) is 16.2. The largest absolute Gasteiger partial charge is 0.322 e. The molecule has 1 aliphatic rings. The number of pyridine rings is 1. The van der Waals surface area contributed by atoms with Gasteiger partial charge in [-0.3, -0.25) is 4.98 Å². The Hall–Kier alpha value is -1.82. The van der Waals surface area contributed by atoms with E-state index in [0.29, 0.717) is 0 Å². The van der Waals surface area contributed by atoms with Gasteiger partial charge in [0.15, 0.2) is 0 Å². The first-order valence-electron chi connectivity index (χ1n) is 8.46. The number of benzene rings is 1. The topological polar surface area (TPSA) is 57.3 Å². The van der Waals surface area contributed by atoms with Crippen molar-refractivity contribution in [1.29, 1.82) is 0 Å². The van der Waals surface area contributed by atoms with Crippen molar-refractivity contribution in [2.24, 2.45) is 0 Å². The molecule has 1 aromatic carbocycles. The molecule has 3 rings (SSSR count). The van der Waals surface area contributed by atoms with Crippen molar-refractivity contribution in [2.75, 3.05) is 25.0 Å². The number of urea groups is 1. The van der Waals surface area contributed by atoms with E-state index >= 15 is 0 Å². The molecule has 7 heteroatoms. The second-order valence-electron chi connectivity index (χ2n) is 6.25. The SMILES string of the molecule is Cc1ccc(NC(=O)N2CCNCC2CCc2cccnc2)cc1.Cl.Cl. The summed E-state index contributed by atoms with van der Waals surface area (Å²) in [6, 6.07) is 12.1. The Balaban J connectivity index is 0.00000169. The molecule has 2 N–H and O–H groups in total. The number of nitrogens with zero attached hydrogens (tertiary/aromatic N) is 2. The molecule has 2 aromatic rings. The average molecular weight is 397 g/mol. The zero-order valence-electron chi connectivity index (χ0n) is 14.9. The number of hydrogen-bond donors (Lipinski definition) is 2. The Morgan fingerprint density at radius 3 is 2.73 bits per heavy atom. The van der Waals surface area contributed by atoms with E-state index in [0.717, 1.165) is 38.2 Å². The van der Waals surface area contributed by atoms with Gasteiger partial charge in [0.1, 0.15) is 0 Å². The summed E-state index contributed by atoms with van der Waals surface area (Å²) in [5.41, 5.74) is 3.24. The molecular weight excluding hydrogens is 371 g/mol. The molecular formula is C19H26Cl2N4O. The molecule has 0 saturated carbocycles. The van der Waals surface area contributed by atoms with Gasteiger partial charge >= 0.3 is 6.03 Å². The number of aryl methyl sites for hydroxylation is 2. The second-order valence-corrected chi connectivity index (χ2v) is 6.25. The molecule has 0 radical (unpaired) electrons. The highest BCUT2D eigenvalue weighted by atomic mass is 35.5.